The molecule has 6 nitrogen and oxygen atoms in total. The number of aryl methyl sites for hydroxylation is 1. The summed E-state index contributed by atoms with van der Waals surface area (Å²) in [6.45, 7) is 3.94. The van der Waals surface area contributed by atoms with Crippen molar-refractivity contribution in [1.29, 1.82) is 0 Å². The van der Waals surface area contributed by atoms with E-state index in [0.717, 1.165) is 42.1 Å². The Balaban J connectivity index is 1.54. The van der Waals surface area contributed by atoms with Gasteiger partial charge in [0.15, 0.2) is 0 Å². The van der Waals surface area contributed by atoms with E-state index in [1.165, 1.54) is 0 Å². The molecule has 2 aromatic rings. The Hall–Kier alpha value is -2.41. The number of piperidine rings is 1. The number of carboxylic acids is 1. The van der Waals surface area contributed by atoms with E-state index in [0.29, 0.717) is 19.0 Å². The standard InChI is InChI=1S/C19H23N3O3S/c1-2-16-12-26-17(21-16)15-4-3-9-22(11-15)19(25)20-10-13-5-7-14(8-6-13)18(23)24/h5-8,12,15H,2-4,9-11H2,1H3,(H,20,25)(H,23,24). The molecule has 1 aliphatic rings. The summed E-state index contributed by atoms with van der Waals surface area (Å²) in [5.41, 5.74) is 2.25. The second kappa shape index (κ2) is 8.31. The van der Waals surface area contributed by atoms with Crippen LogP contribution in [-0.4, -0.2) is 40.1 Å². The number of benzene rings is 1. The number of amides is 2. The number of carbonyl (C=O) groups excluding carboxylic acids is 1. The van der Waals surface area contributed by atoms with Crippen molar-refractivity contribution in [2.24, 2.45) is 0 Å². The quantitative estimate of drug-likeness (QED) is 0.840. The second-order valence-corrected chi connectivity index (χ2v) is 7.37. The first-order valence-corrected chi connectivity index (χ1v) is 9.74. The molecule has 1 aromatic carbocycles. The molecular formula is C19H23N3O3S. The van der Waals surface area contributed by atoms with E-state index in [4.69, 9.17) is 5.11 Å². The number of thiazole rings is 1. The average Bonchev–Trinajstić information content (AvgIpc) is 3.16. The fraction of sp³-hybridized carbons (Fsp3) is 0.421. The number of urea groups is 1. The smallest absolute Gasteiger partial charge is 0.335 e. The van der Waals surface area contributed by atoms with Crippen molar-refractivity contribution in [3.63, 3.8) is 0 Å². The van der Waals surface area contributed by atoms with Crippen LogP contribution in [0.5, 0.6) is 0 Å². The van der Waals surface area contributed by atoms with Gasteiger partial charge < -0.3 is 15.3 Å². The Kier molecular flexibility index (Phi) is 5.88. The summed E-state index contributed by atoms with van der Waals surface area (Å²) in [6.07, 6.45) is 2.98. The summed E-state index contributed by atoms with van der Waals surface area (Å²) >= 11 is 1.69. The monoisotopic (exact) mass is 373 g/mol. The molecule has 0 spiro atoms. The van der Waals surface area contributed by atoms with Crippen LogP contribution in [0.1, 0.15) is 52.3 Å². The van der Waals surface area contributed by atoms with Gasteiger partial charge in [0, 0.05) is 30.9 Å². The summed E-state index contributed by atoms with van der Waals surface area (Å²) in [6, 6.07) is 6.47. The van der Waals surface area contributed by atoms with Crippen molar-refractivity contribution < 1.29 is 14.7 Å². The predicted octanol–water partition coefficient (Wildman–Crippen LogP) is 3.49. The number of aromatic nitrogens is 1. The van der Waals surface area contributed by atoms with Gasteiger partial charge in [-0.2, -0.15) is 0 Å². The first kappa shape index (κ1) is 18.4. The van der Waals surface area contributed by atoms with Crippen LogP contribution in [0, 0.1) is 0 Å². The predicted molar refractivity (Wildman–Crippen MR) is 101 cm³/mol. The van der Waals surface area contributed by atoms with Gasteiger partial charge in [-0.3, -0.25) is 0 Å². The third-order valence-corrected chi connectivity index (χ3v) is 5.69. The van der Waals surface area contributed by atoms with Crippen molar-refractivity contribution in [2.45, 2.75) is 38.6 Å². The minimum atomic E-state index is -0.951. The van der Waals surface area contributed by atoms with Crippen molar-refractivity contribution in [2.75, 3.05) is 13.1 Å². The topological polar surface area (TPSA) is 82.5 Å². The Morgan fingerprint density at radius 2 is 2.12 bits per heavy atom. The van der Waals surface area contributed by atoms with Crippen LogP contribution in [0.4, 0.5) is 4.79 Å². The first-order chi connectivity index (χ1) is 12.6. The molecule has 2 heterocycles. The summed E-state index contributed by atoms with van der Waals surface area (Å²) in [5, 5.41) is 15.1. The maximum atomic E-state index is 12.5. The zero-order valence-corrected chi connectivity index (χ0v) is 15.6. The van der Waals surface area contributed by atoms with Crippen LogP contribution in [0.15, 0.2) is 29.6 Å². The molecule has 1 saturated heterocycles. The van der Waals surface area contributed by atoms with Gasteiger partial charge in [-0.1, -0.05) is 19.1 Å². The molecule has 1 fully saturated rings. The summed E-state index contributed by atoms with van der Waals surface area (Å²) in [7, 11) is 0. The summed E-state index contributed by atoms with van der Waals surface area (Å²) in [5.74, 6) is -0.636. The molecule has 3 rings (SSSR count). The van der Waals surface area contributed by atoms with Gasteiger partial charge in [0.2, 0.25) is 0 Å². The maximum Gasteiger partial charge on any atom is 0.335 e. The number of rotatable bonds is 5. The molecule has 0 bridgehead atoms. The maximum absolute atomic E-state index is 12.5. The summed E-state index contributed by atoms with van der Waals surface area (Å²) < 4.78 is 0. The Morgan fingerprint density at radius 3 is 2.77 bits per heavy atom. The molecule has 1 atom stereocenters. The third-order valence-electron chi connectivity index (χ3n) is 4.63. The Morgan fingerprint density at radius 1 is 1.35 bits per heavy atom. The molecule has 0 radical (unpaired) electrons. The lowest BCUT2D eigenvalue weighted by atomic mass is 9.99. The number of nitrogens with zero attached hydrogens (tertiary/aromatic N) is 2. The van der Waals surface area contributed by atoms with Gasteiger partial charge in [-0.15, -0.1) is 11.3 Å². The first-order valence-electron chi connectivity index (χ1n) is 8.86. The van der Waals surface area contributed by atoms with Crippen molar-refractivity contribution in [3.05, 3.63) is 51.5 Å². The minimum Gasteiger partial charge on any atom is -0.478 e. The highest BCUT2D eigenvalue weighted by atomic mass is 32.1. The number of carbonyl (C=O) groups is 2. The molecule has 138 valence electrons. The highest BCUT2D eigenvalue weighted by Gasteiger charge is 2.26. The normalized spacial score (nSPS) is 17.1. The SMILES string of the molecule is CCc1csc(C2CCCN(C(=O)NCc3ccc(C(=O)O)cc3)C2)n1. The summed E-state index contributed by atoms with van der Waals surface area (Å²) in [4.78, 5) is 29.9. The third kappa shape index (κ3) is 4.40. The number of hydrogen-bond donors (Lipinski definition) is 2. The lowest BCUT2D eigenvalue weighted by Crippen LogP contribution is -2.44. The molecule has 26 heavy (non-hydrogen) atoms. The van der Waals surface area contributed by atoms with E-state index in [2.05, 4.69) is 22.6 Å². The Bertz CT molecular complexity index is 773. The van der Waals surface area contributed by atoms with Crippen LogP contribution < -0.4 is 5.32 Å². The van der Waals surface area contributed by atoms with E-state index in [1.54, 1.807) is 35.6 Å². The van der Waals surface area contributed by atoms with Crippen molar-refractivity contribution in [3.8, 4) is 0 Å². The number of hydrogen-bond acceptors (Lipinski definition) is 4. The molecule has 1 aliphatic heterocycles. The van der Waals surface area contributed by atoms with Crippen molar-refractivity contribution >= 4 is 23.3 Å². The van der Waals surface area contributed by atoms with Gasteiger partial charge >= 0.3 is 12.0 Å². The Labute approximate surface area is 156 Å². The van der Waals surface area contributed by atoms with Gasteiger partial charge in [0.25, 0.3) is 0 Å². The van der Waals surface area contributed by atoms with Crippen LogP contribution in [-0.2, 0) is 13.0 Å². The minimum absolute atomic E-state index is 0.0794. The number of nitrogens with one attached hydrogen (secondary N) is 1. The molecule has 2 N–H and O–H groups in total. The number of likely N-dealkylation sites (tertiary alicyclic amines) is 1. The van der Waals surface area contributed by atoms with Crippen LogP contribution in [0.2, 0.25) is 0 Å². The van der Waals surface area contributed by atoms with Gasteiger partial charge in [-0.25, -0.2) is 14.6 Å². The van der Waals surface area contributed by atoms with Gasteiger partial charge in [0.1, 0.15) is 0 Å². The fourth-order valence-electron chi connectivity index (χ4n) is 3.09. The van der Waals surface area contributed by atoms with Gasteiger partial charge in [0.05, 0.1) is 16.3 Å². The largest absolute Gasteiger partial charge is 0.478 e. The van der Waals surface area contributed by atoms with Crippen LogP contribution in [0.3, 0.4) is 0 Å². The van der Waals surface area contributed by atoms with E-state index in [1.807, 2.05) is 4.90 Å². The molecule has 0 aliphatic carbocycles. The highest BCUT2D eigenvalue weighted by molar-refractivity contribution is 7.09. The van der Waals surface area contributed by atoms with E-state index < -0.39 is 5.97 Å². The highest BCUT2D eigenvalue weighted by Crippen LogP contribution is 2.29. The van der Waals surface area contributed by atoms with Crippen LogP contribution in [0.25, 0.3) is 0 Å². The number of aromatic carboxylic acids is 1. The average molecular weight is 373 g/mol. The number of carboxylic acid groups (broad SMARTS) is 1. The van der Waals surface area contributed by atoms with Crippen molar-refractivity contribution in [1.82, 2.24) is 15.2 Å². The lowest BCUT2D eigenvalue weighted by Gasteiger charge is -2.31. The zero-order valence-electron chi connectivity index (χ0n) is 14.8. The zero-order chi connectivity index (χ0) is 18.5. The molecule has 0 saturated carbocycles. The molecule has 1 unspecified atom stereocenters. The molecule has 2 amide bonds. The second-order valence-electron chi connectivity index (χ2n) is 6.48. The van der Waals surface area contributed by atoms with E-state index in [9.17, 15) is 9.59 Å². The fourth-order valence-corrected chi connectivity index (χ4v) is 4.12. The molecule has 7 heteroatoms. The molecule has 1 aromatic heterocycles. The van der Waals surface area contributed by atoms with Gasteiger partial charge in [-0.05, 0) is 37.0 Å². The van der Waals surface area contributed by atoms with E-state index in [-0.39, 0.29) is 11.6 Å². The van der Waals surface area contributed by atoms with Crippen LogP contribution >= 0.6 is 11.3 Å². The molecular weight excluding hydrogens is 350 g/mol. The van der Waals surface area contributed by atoms with E-state index >= 15 is 0 Å². The lowest BCUT2D eigenvalue weighted by molar-refractivity contribution is 0.0697.